The monoisotopic (exact) mass is 498 g/mol. The molecule has 4 rings (SSSR count). The van der Waals surface area contributed by atoms with E-state index in [1.165, 1.54) is 30.6 Å². The van der Waals surface area contributed by atoms with Gasteiger partial charge in [0.15, 0.2) is 0 Å². The van der Waals surface area contributed by atoms with Crippen LogP contribution >= 0.6 is 22.9 Å². The molecule has 3 heterocycles. The maximum atomic E-state index is 13.0. The number of hydrogen-bond donors (Lipinski definition) is 1. The third kappa shape index (κ3) is 4.58. The third-order valence-corrected chi connectivity index (χ3v) is 7.60. The van der Waals surface area contributed by atoms with Gasteiger partial charge in [0.1, 0.15) is 10.6 Å². The third-order valence-electron chi connectivity index (χ3n) is 4.70. The number of thiophene rings is 1. The van der Waals surface area contributed by atoms with Crippen LogP contribution in [0.5, 0.6) is 5.75 Å². The maximum absolute atomic E-state index is 13.0. The molecule has 0 spiro atoms. The number of sulfonamides is 1. The van der Waals surface area contributed by atoms with Crippen LogP contribution in [0.25, 0.3) is 10.7 Å². The first kappa shape index (κ1) is 22.5. The van der Waals surface area contributed by atoms with Gasteiger partial charge in [-0.1, -0.05) is 16.8 Å². The second-order valence-corrected chi connectivity index (χ2v) is 10.2. The van der Waals surface area contributed by atoms with Crippen molar-refractivity contribution in [1.82, 2.24) is 15.0 Å². The van der Waals surface area contributed by atoms with E-state index in [0.717, 1.165) is 0 Å². The SMILES string of the molecule is COc1ccc(Cl)cc1NS(=O)(=O)c1cc(-c2noc(C(=O)N3CCOCC3)n2)sc1C. The number of aryl methyl sites for hydroxylation is 1. The Morgan fingerprint density at radius 1 is 1.28 bits per heavy atom. The fourth-order valence-electron chi connectivity index (χ4n) is 3.11. The van der Waals surface area contributed by atoms with Gasteiger partial charge in [-0.3, -0.25) is 9.52 Å². The predicted octanol–water partition coefficient (Wildman–Crippen LogP) is 3.04. The van der Waals surface area contributed by atoms with Crippen LogP contribution in [0.2, 0.25) is 5.02 Å². The second-order valence-electron chi connectivity index (χ2n) is 6.81. The molecule has 0 unspecified atom stereocenters. The Balaban J connectivity index is 1.59. The summed E-state index contributed by atoms with van der Waals surface area (Å²) in [7, 11) is -2.53. The number of amides is 1. The summed E-state index contributed by atoms with van der Waals surface area (Å²) in [6, 6.07) is 6.06. The number of morpholine rings is 1. The minimum atomic E-state index is -3.96. The van der Waals surface area contributed by atoms with Gasteiger partial charge in [0.2, 0.25) is 5.82 Å². The van der Waals surface area contributed by atoms with Crippen molar-refractivity contribution >= 4 is 44.6 Å². The Labute approximate surface area is 193 Å². The van der Waals surface area contributed by atoms with Gasteiger partial charge in [0.25, 0.3) is 10.0 Å². The highest BCUT2D eigenvalue weighted by Gasteiger charge is 2.27. The van der Waals surface area contributed by atoms with Crippen molar-refractivity contribution in [2.45, 2.75) is 11.8 Å². The summed E-state index contributed by atoms with van der Waals surface area (Å²) in [6.07, 6.45) is 0. The van der Waals surface area contributed by atoms with Gasteiger partial charge < -0.3 is 18.9 Å². The van der Waals surface area contributed by atoms with Gasteiger partial charge in [-0.25, -0.2) is 8.42 Å². The summed E-state index contributed by atoms with van der Waals surface area (Å²) in [4.78, 5) is 19.3. The molecule has 1 fully saturated rings. The molecule has 0 atom stereocenters. The molecule has 1 aromatic carbocycles. The molecule has 170 valence electrons. The van der Waals surface area contributed by atoms with Crippen LogP contribution in [-0.4, -0.2) is 62.8 Å². The topological polar surface area (TPSA) is 124 Å². The summed E-state index contributed by atoms with van der Waals surface area (Å²) < 4.78 is 44.1. The Hall–Kier alpha value is -2.67. The first-order valence-corrected chi connectivity index (χ1v) is 12.1. The van der Waals surface area contributed by atoms with Gasteiger partial charge in [-0.05, 0) is 31.2 Å². The Bertz CT molecular complexity index is 1250. The number of carbonyl (C=O) groups excluding carboxylic acids is 1. The Morgan fingerprint density at radius 3 is 2.75 bits per heavy atom. The summed E-state index contributed by atoms with van der Waals surface area (Å²) in [5.41, 5.74) is 0.213. The van der Waals surface area contributed by atoms with Crippen molar-refractivity contribution in [3.8, 4) is 16.5 Å². The van der Waals surface area contributed by atoms with E-state index in [9.17, 15) is 13.2 Å². The molecule has 1 amide bonds. The fraction of sp³-hybridized carbons (Fsp3) is 0.316. The number of methoxy groups -OCH3 is 1. The molecule has 10 nitrogen and oxygen atoms in total. The highest BCUT2D eigenvalue weighted by Crippen LogP contribution is 2.35. The van der Waals surface area contributed by atoms with E-state index in [1.54, 1.807) is 24.0 Å². The molecule has 0 saturated carbocycles. The lowest BCUT2D eigenvalue weighted by atomic mass is 10.3. The molecule has 32 heavy (non-hydrogen) atoms. The zero-order valence-electron chi connectivity index (χ0n) is 17.1. The van der Waals surface area contributed by atoms with E-state index in [0.29, 0.717) is 46.8 Å². The van der Waals surface area contributed by atoms with E-state index in [4.69, 9.17) is 25.6 Å². The molecule has 1 aliphatic rings. The van der Waals surface area contributed by atoms with Gasteiger partial charge in [-0.2, -0.15) is 4.98 Å². The van der Waals surface area contributed by atoms with E-state index in [1.807, 2.05) is 0 Å². The lowest BCUT2D eigenvalue weighted by molar-refractivity contribution is 0.0272. The first-order valence-electron chi connectivity index (χ1n) is 9.46. The van der Waals surface area contributed by atoms with Crippen LogP contribution in [0.4, 0.5) is 5.69 Å². The molecule has 1 N–H and O–H groups in total. The number of aromatic nitrogens is 2. The number of anilines is 1. The van der Waals surface area contributed by atoms with Crippen molar-refractivity contribution in [3.05, 3.63) is 40.1 Å². The molecule has 13 heteroatoms. The minimum absolute atomic E-state index is 0.0467. The Morgan fingerprint density at radius 2 is 2.03 bits per heavy atom. The average Bonchev–Trinajstić information content (AvgIpc) is 3.41. The number of halogens is 1. The van der Waals surface area contributed by atoms with Gasteiger partial charge >= 0.3 is 11.8 Å². The molecular formula is C19H19ClN4O6S2. The lowest BCUT2D eigenvalue weighted by Gasteiger charge is -2.25. The normalized spacial score (nSPS) is 14.4. The number of hydrogen-bond acceptors (Lipinski definition) is 9. The largest absolute Gasteiger partial charge is 0.495 e. The van der Waals surface area contributed by atoms with E-state index >= 15 is 0 Å². The van der Waals surface area contributed by atoms with Gasteiger partial charge in [0.05, 0.1) is 30.9 Å². The number of benzene rings is 1. The van der Waals surface area contributed by atoms with Crippen LogP contribution in [0.15, 0.2) is 33.7 Å². The molecule has 3 aromatic rings. The summed E-state index contributed by atoms with van der Waals surface area (Å²) in [5.74, 6) is -0.0750. The van der Waals surface area contributed by atoms with E-state index in [2.05, 4.69) is 14.9 Å². The summed E-state index contributed by atoms with van der Waals surface area (Å²) in [5, 5.41) is 4.21. The molecular weight excluding hydrogens is 480 g/mol. The number of nitrogens with one attached hydrogen (secondary N) is 1. The van der Waals surface area contributed by atoms with Crippen LogP contribution in [-0.2, 0) is 14.8 Å². The molecule has 0 aliphatic carbocycles. The summed E-state index contributed by atoms with van der Waals surface area (Å²) in [6.45, 7) is 3.44. The highest BCUT2D eigenvalue weighted by molar-refractivity contribution is 7.93. The zero-order valence-corrected chi connectivity index (χ0v) is 19.5. The van der Waals surface area contributed by atoms with Crippen LogP contribution in [0.3, 0.4) is 0 Å². The number of carbonyl (C=O) groups is 1. The van der Waals surface area contributed by atoms with Crippen LogP contribution < -0.4 is 9.46 Å². The average molecular weight is 499 g/mol. The number of ether oxygens (including phenoxy) is 2. The van der Waals surface area contributed by atoms with Crippen molar-refractivity contribution < 1.29 is 27.2 Å². The standard InChI is InChI=1S/C19H19ClN4O6S2/c1-11-16(32(26,27)23-13-9-12(20)3-4-14(13)28-2)10-15(31-11)17-21-18(30-22-17)19(25)24-5-7-29-8-6-24/h3-4,9-10,23H,5-8H2,1-2H3. The second kappa shape index (κ2) is 9.06. The fourth-order valence-corrected chi connectivity index (χ4v) is 5.87. The van der Waals surface area contributed by atoms with Crippen molar-refractivity contribution in [2.75, 3.05) is 38.1 Å². The lowest BCUT2D eigenvalue weighted by Crippen LogP contribution is -2.40. The maximum Gasteiger partial charge on any atom is 0.316 e. The summed E-state index contributed by atoms with van der Waals surface area (Å²) >= 11 is 7.17. The molecule has 0 bridgehead atoms. The van der Waals surface area contributed by atoms with Gasteiger partial charge in [-0.15, -0.1) is 11.3 Å². The predicted molar refractivity (Wildman–Crippen MR) is 118 cm³/mol. The van der Waals surface area contributed by atoms with Crippen molar-refractivity contribution in [2.24, 2.45) is 0 Å². The molecule has 0 radical (unpaired) electrons. The zero-order chi connectivity index (χ0) is 22.9. The van der Waals surface area contributed by atoms with Crippen LogP contribution in [0, 0.1) is 6.92 Å². The molecule has 2 aromatic heterocycles. The number of nitrogens with zero attached hydrogens (tertiary/aromatic N) is 3. The first-order chi connectivity index (χ1) is 15.3. The van der Waals surface area contributed by atoms with E-state index in [-0.39, 0.29) is 28.2 Å². The van der Waals surface area contributed by atoms with Crippen molar-refractivity contribution in [1.29, 1.82) is 0 Å². The molecule has 1 saturated heterocycles. The smallest absolute Gasteiger partial charge is 0.316 e. The van der Waals surface area contributed by atoms with Crippen LogP contribution in [0.1, 0.15) is 15.6 Å². The van der Waals surface area contributed by atoms with E-state index < -0.39 is 10.0 Å². The minimum Gasteiger partial charge on any atom is -0.495 e. The Kier molecular flexibility index (Phi) is 6.38. The van der Waals surface area contributed by atoms with Crippen molar-refractivity contribution in [3.63, 3.8) is 0 Å². The highest BCUT2D eigenvalue weighted by atomic mass is 35.5. The quantitative estimate of drug-likeness (QED) is 0.550. The van der Waals surface area contributed by atoms with Gasteiger partial charge in [0, 0.05) is 23.0 Å². The number of rotatable bonds is 6. The molecule has 1 aliphatic heterocycles.